The molecule has 0 spiro atoms. The highest BCUT2D eigenvalue weighted by atomic mass is 16.5. The van der Waals surface area contributed by atoms with E-state index in [1.54, 1.807) is 0 Å². The second-order valence-electron chi connectivity index (χ2n) is 4.53. The summed E-state index contributed by atoms with van der Waals surface area (Å²) in [6, 6.07) is 0. The van der Waals surface area contributed by atoms with Crippen LogP contribution in [0.2, 0.25) is 0 Å². The number of piperidine rings is 1. The van der Waals surface area contributed by atoms with Crippen molar-refractivity contribution in [1.82, 2.24) is 5.32 Å². The van der Waals surface area contributed by atoms with Gasteiger partial charge in [0.05, 0.1) is 0 Å². The van der Waals surface area contributed by atoms with Crippen molar-refractivity contribution in [2.24, 2.45) is 11.8 Å². The smallest absolute Gasteiger partial charge is 0.0494 e. The van der Waals surface area contributed by atoms with E-state index < -0.39 is 0 Å². The van der Waals surface area contributed by atoms with Gasteiger partial charge in [0.25, 0.3) is 0 Å². The Labute approximate surface area is 81.0 Å². The van der Waals surface area contributed by atoms with Gasteiger partial charge in [-0.05, 0) is 57.0 Å². The molecule has 0 bridgehead atoms. The van der Waals surface area contributed by atoms with E-state index in [-0.39, 0.29) is 0 Å². The molecule has 2 saturated heterocycles. The van der Waals surface area contributed by atoms with Crippen molar-refractivity contribution in [2.75, 3.05) is 26.3 Å². The van der Waals surface area contributed by atoms with Gasteiger partial charge in [-0.3, -0.25) is 0 Å². The molecule has 0 radical (unpaired) electrons. The van der Waals surface area contributed by atoms with Crippen LogP contribution in [0.4, 0.5) is 0 Å². The first-order chi connectivity index (χ1) is 6.45. The van der Waals surface area contributed by atoms with Crippen molar-refractivity contribution in [3.8, 4) is 0 Å². The molecule has 2 heteroatoms. The first-order valence-electron chi connectivity index (χ1n) is 5.73. The van der Waals surface area contributed by atoms with Gasteiger partial charge in [-0.15, -0.1) is 0 Å². The zero-order valence-electron chi connectivity index (χ0n) is 8.43. The largest absolute Gasteiger partial charge is 0.381 e. The molecule has 2 atom stereocenters. The van der Waals surface area contributed by atoms with E-state index in [0.29, 0.717) is 0 Å². The second kappa shape index (κ2) is 4.97. The van der Waals surface area contributed by atoms with Gasteiger partial charge < -0.3 is 10.1 Å². The minimum atomic E-state index is 0.860. The van der Waals surface area contributed by atoms with Crippen molar-refractivity contribution in [2.45, 2.75) is 32.1 Å². The lowest BCUT2D eigenvalue weighted by Crippen LogP contribution is -2.32. The minimum Gasteiger partial charge on any atom is -0.381 e. The first kappa shape index (κ1) is 9.47. The lowest BCUT2D eigenvalue weighted by atomic mass is 9.86. The third-order valence-electron chi connectivity index (χ3n) is 3.32. The van der Waals surface area contributed by atoms with Crippen molar-refractivity contribution in [3.05, 3.63) is 0 Å². The predicted molar refractivity (Wildman–Crippen MR) is 53.8 cm³/mol. The molecule has 0 aromatic carbocycles. The summed E-state index contributed by atoms with van der Waals surface area (Å²) in [6.07, 6.45) is 6.88. The quantitative estimate of drug-likeness (QED) is 0.705. The highest BCUT2D eigenvalue weighted by Gasteiger charge is 2.20. The van der Waals surface area contributed by atoms with Gasteiger partial charge in [0.15, 0.2) is 0 Å². The zero-order valence-corrected chi connectivity index (χ0v) is 8.43. The molecule has 76 valence electrons. The fraction of sp³-hybridized carbons (Fsp3) is 1.00. The van der Waals surface area contributed by atoms with Gasteiger partial charge in [-0.25, -0.2) is 0 Å². The number of nitrogens with one attached hydrogen (secondary N) is 1. The first-order valence-corrected chi connectivity index (χ1v) is 5.73. The summed E-state index contributed by atoms with van der Waals surface area (Å²) in [5.41, 5.74) is 0. The molecule has 2 rings (SSSR count). The summed E-state index contributed by atoms with van der Waals surface area (Å²) in [4.78, 5) is 0. The van der Waals surface area contributed by atoms with Crippen LogP contribution in [-0.2, 0) is 4.74 Å². The van der Waals surface area contributed by atoms with Crippen LogP contribution < -0.4 is 5.32 Å². The Kier molecular flexibility index (Phi) is 3.62. The molecular formula is C11H21NO. The van der Waals surface area contributed by atoms with E-state index in [0.717, 1.165) is 25.0 Å². The molecule has 13 heavy (non-hydrogen) atoms. The summed E-state index contributed by atoms with van der Waals surface area (Å²) >= 11 is 0. The van der Waals surface area contributed by atoms with E-state index in [4.69, 9.17) is 4.74 Å². The number of rotatable bonds is 2. The monoisotopic (exact) mass is 183 g/mol. The molecule has 0 aliphatic carbocycles. The van der Waals surface area contributed by atoms with Gasteiger partial charge >= 0.3 is 0 Å². The molecule has 2 aliphatic heterocycles. The van der Waals surface area contributed by atoms with Crippen LogP contribution in [0.15, 0.2) is 0 Å². The van der Waals surface area contributed by atoms with E-state index in [1.807, 2.05) is 0 Å². The highest BCUT2D eigenvalue weighted by molar-refractivity contribution is 4.74. The number of hydrogen-bond donors (Lipinski definition) is 1. The van der Waals surface area contributed by atoms with Gasteiger partial charge in [0.2, 0.25) is 0 Å². The Morgan fingerprint density at radius 2 is 2.08 bits per heavy atom. The third kappa shape index (κ3) is 2.96. The Bertz CT molecular complexity index is 121. The average Bonchev–Trinajstić information content (AvgIpc) is 2.21. The van der Waals surface area contributed by atoms with Crippen LogP contribution in [0.1, 0.15) is 32.1 Å². The van der Waals surface area contributed by atoms with Gasteiger partial charge in [0, 0.05) is 13.2 Å². The molecule has 0 aromatic heterocycles. The Hall–Kier alpha value is -0.0800. The lowest BCUT2D eigenvalue weighted by molar-refractivity contribution is 0.0434. The minimum absolute atomic E-state index is 0.860. The normalized spacial score (nSPS) is 36.0. The SMILES string of the molecule is C1CNCC(CC2CCCOC2)C1. The number of hydrogen-bond acceptors (Lipinski definition) is 2. The van der Waals surface area contributed by atoms with E-state index in [1.165, 1.54) is 45.2 Å². The molecule has 2 fully saturated rings. The summed E-state index contributed by atoms with van der Waals surface area (Å²) in [7, 11) is 0. The van der Waals surface area contributed by atoms with Crippen LogP contribution in [0.5, 0.6) is 0 Å². The Balaban J connectivity index is 1.69. The molecule has 0 aromatic rings. The van der Waals surface area contributed by atoms with Crippen molar-refractivity contribution < 1.29 is 4.74 Å². The molecule has 2 aliphatic rings. The Morgan fingerprint density at radius 3 is 2.77 bits per heavy atom. The van der Waals surface area contributed by atoms with Crippen LogP contribution in [-0.4, -0.2) is 26.3 Å². The van der Waals surface area contributed by atoms with Crippen molar-refractivity contribution >= 4 is 0 Å². The molecule has 0 saturated carbocycles. The number of ether oxygens (including phenoxy) is 1. The van der Waals surface area contributed by atoms with Crippen LogP contribution in [0, 0.1) is 11.8 Å². The highest BCUT2D eigenvalue weighted by Crippen LogP contribution is 2.25. The van der Waals surface area contributed by atoms with Crippen LogP contribution in [0.3, 0.4) is 0 Å². The maximum Gasteiger partial charge on any atom is 0.0494 e. The van der Waals surface area contributed by atoms with Gasteiger partial charge in [0.1, 0.15) is 0 Å². The van der Waals surface area contributed by atoms with E-state index in [2.05, 4.69) is 5.32 Å². The Morgan fingerprint density at radius 1 is 1.15 bits per heavy atom. The lowest BCUT2D eigenvalue weighted by Gasteiger charge is -2.29. The van der Waals surface area contributed by atoms with Crippen LogP contribution in [0.25, 0.3) is 0 Å². The fourth-order valence-corrected chi connectivity index (χ4v) is 2.59. The molecule has 2 heterocycles. The standard InChI is InChI=1S/C11H21NO/c1-3-10(8-12-5-1)7-11-4-2-6-13-9-11/h10-12H,1-9H2. The summed E-state index contributed by atoms with van der Waals surface area (Å²) in [6.45, 7) is 4.50. The summed E-state index contributed by atoms with van der Waals surface area (Å²) in [5, 5.41) is 3.48. The molecule has 2 nitrogen and oxygen atoms in total. The zero-order chi connectivity index (χ0) is 8.93. The maximum absolute atomic E-state index is 5.50. The van der Waals surface area contributed by atoms with Gasteiger partial charge in [-0.1, -0.05) is 0 Å². The maximum atomic E-state index is 5.50. The topological polar surface area (TPSA) is 21.3 Å². The average molecular weight is 183 g/mol. The van der Waals surface area contributed by atoms with Crippen LogP contribution >= 0.6 is 0 Å². The molecular weight excluding hydrogens is 162 g/mol. The van der Waals surface area contributed by atoms with E-state index >= 15 is 0 Å². The third-order valence-corrected chi connectivity index (χ3v) is 3.32. The summed E-state index contributed by atoms with van der Waals surface area (Å²) < 4.78 is 5.50. The van der Waals surface area contributed by atoms with E-state index in [9.17, 15) is 0 Å². The van der Waals surface area contributed by atoms with Crippen molar-refractivity contribution in [1.29, 1.82) is 0 Å². The van der Waals surface area contributed by atoms with Crippen molar-refractivity contribution in [3.63, 3.8) is 0 Å². The second-order valence-corrected chi connectivity index (χ2v) is 4.53. The van der Waals surface area contributed by atoms with Gasteiger partial charge in [-0.2, -0.15) is 0 Å². The summed E-state index contributed by atoms with van der Waals surface area (Å²) in [5.74, 6) is 1.79. The fourth-order valence-electron chi connectivity index (χ4n) is 2.59. The molecule has 1 N–H and O–H groups in total. The molecule has 0 amide bonds. The molecule has 2 unspecified atom stereocenters. The predicted octanol–water partition coefficient (Wildman–Crippen LogP) is 1.80.